The number of carboxylic acids is 1. The number of rotatable bonds is 5. The van der Waals surface area contributed by atoms with Crippen LogP contribution in [-0.4, -0.2) is 38.8 Å². The molecule has 1 saturated heterocycles. The van der Waals surface area contributed by atoms with E-state index in [-0.39, 0.29) is 11.6 Å². The lowest BCUT2D eigenvalue weighted by Gasteiger charge is -2.33. The third kappa shape index (κ3) is 3.94. The summed E-state index contributed by atoms with van der Waals surface area (Å²) in [6, 6.07) is 19.5. The molecule has 0 bridgehead atoms. The molecule has 162 valence electrons. The zero-order valence-corrected chi connectivity index (χ0v) is 18.9. The van der Waals surface area contributed by atoms with E-state index in [1.165, 1.54) is 5.56 Å². The molecule has 1 atom stereocenters. The number of benzene rings is 2. The molecule has 4 aromatic rings. The Hall–Kier alpha value is -3.03. The maximum atomic E-state index is 11.3. The highest BCUT2D eigenvalue weighted by atomic mass is 79.9. The van der Waals surface area contributed by atoms with Gasteiger partial charge in [0.05, 0.1) is 17.1 Å². The number of carboxylic acid groups (broad SMARTS) is 1. The Morgan fingerprint density at radius 1 is 1.09 bits per heavy atom. The fourth-order valence-corrected chi connectivity index (χ4v) is 4.83. The van der Waals surface area contributed by atoms with Gasteiger partial charge in [0.2, 0.25) is 0 Å². The van der Waals surface area contributed by atoms with E-state index in [1.807, 2.05) is 18.2 Å². The summed E-state index contributed by atoms with van der Waals surface area (Å²) >= 11 is 3.57. The van der Waals surface area contributed by atoms with Gasteiger partial charge in [-0.05, 0) is 58.5 Å². The molecule has 0 spiro atoms. The van der Waals surface area contributed by atoms with Crippen LogP contribution in [0.3, 0.4) is 0 Å². The number of carbonyl (C=O) groups is 1. The van der Waals surface area contributed by atoms with Crippen molar-refractivity contribution in [2.24, 2.45) is 5.92 Å². The van der Waals surface area contributed by atoms with Crippen molar-refractivity contribution in [3.8, 4) is 11.4 Å². The minimum absolute atomic E-state index is 0.0513. The Labute approximate surface area is 194 Å². The number of aromatic nitrogens is 3. The molecule has 3 heterocycles. The van der Waals surface area contributed by atoms with Crippen molar-refractivity contribution in [3.05, 3.63) is 82.5 Å². The van der Waals surface area contributed by atoms with Gasteiger partial charge in [-0.15, -0.1) is 0 Å². The number of nitrogens with zero attached hydrogens (tertiary/aromatic N) is 3. The first-order valence-corrected chi connectivity index (χ1v) is 11.4. The number of imidazole rings is 1. The average molecular weight is 492 g/mol. The summed E-state index contributed by atoms with van der Waals surface area (Å²) in [6.45, 7) is 1.48. The quantitative estimate of drug-likeness (QED) is 0.394. The fraction of sp³-hybridized carbons (Fsp3) is 0.240. The molecule has 2 aromatic carbocycles. The van der Waals surface area contributed by atoms with Gasteiger partial charge in [0.25, 0.3) is 0 Å². The Bertz CT molecular complexity index is 1250. The molecule has 1 aliphatic rings. The molecule has 0 amide bonds. The predicted molar refractivity (Wildman–Crippen MR) is 126 cm³/mol. The second-order valence-electron chi connectivity index (χ2n) is 7.99. The predicted octanol–water partition coefficient (Wildman–Crippen LogP) is 5.58. The number of fused-ring (bicyclic) bond motifs is 1. The van der Waals surface area contributed by atoms with Gasteiger partial charge < -0.3 is 14.4 Å². The number of halogens is 1. The molecule has 2 aromatic heterocycles. The van der Waals surface area contributed by atoms with Crippen molar-refractivity contribution >= 4 is 33.1 Å². The van der Waals surface area contributed by atoms with Crippen molar-refractivity contribution in [2.45, 2.75) is 18.9 Å². The van der Waals surface area contributed by atoms with Crippen LogP contribution in [0.15, 0.2) is 71.3 Å². The molecule has 5 rings (SSSR count). The smallest absolute Gasteiger partial charge is 0.335 e. The molecular formula is C25H22BrN3O3. The SMILES string of the molecule is O=C(O)c1ccc(-c2nc3ncc(Br)cc3n2C(c2ccccc2)C2CCOCC2)cc1. The van der Waals surface area contributed by atoms with E-state index in [0.29, 0.717) is 11.6 Å². The van der Waals surface area contributed by atoms with Crippen molar-refractivity contribution in [3.63, 3.8) is 0 Å². The third-order valence-electron chi connectivity index (χ3n) is 6.04. The molecule has 6 nitrogen and oxygen atoms in total. The van der Waals surface area contributed by atoms with E-state index >= 15 is 0 Å². The first kappa shape index (κ1) is 20.8. The molecule has 0 radical (unpaired) electrons. The second-order valence-corrected chi connectivity index (χ2v) is 8.91. The van der Waals surface area contributed by atoms with Crippen molar-refractivity contribution < 1.29 is 14.6 Å². The van der Waals surface area contributed by atoms with Gasteiger partial charge in [-0.2, -0.15) is 0 Å². The number of hydrogen-bond acceptors (Lipinski definition) is 4. The molecule has 32 heavy (non-hydrogen) atoms. The van der Waals surface area contributed by atoms with Gasteiger partial charge in [-0.1, -0.05) is 42.5 Å². The molecule has 0 saturated carbocycles. The Balaban J connectivity index is 1.75. The van der Waals surface area contributed by atoms with Crippen LogP contribution in [0.5, 0.6) is 0 Å². The van der Waals surface area contributed by atoms with Crippen molar-refractivity contribution in [1.29, 1.82) is 0 Å². The number of aromatic carboxylic acids is 1. The van der Waals surface area contributed by atoms with Crippen LogP contribution in [0.4, 0.5) is 0 Å². The van der Waals surface area contributed by atoms with E-state index < -0.39 is 5.97 Å². The summed E-state index contributed by atoms with van der Waals surface area (Å²) in [6.07, 6.45) is 3.67. The monoisotopic (exact) mass is 491 g/mol. The molecule has 1 aliphatic heterocycles. The fourth-order valence-electron chi connectivity index (χ4n) is 4.51. The van der Waals surface area contributed by atoms with Gasteiger partial charge in [-0.3, -0.25) is 0 Å². The second kappa shape index (κ2) is 8.84. The lowest BCUT2D eigenvalue weighted by atomic mass is 9.86. The maximum Gasteiger partial charge on any atom is 0.335 e. The highest BCUT2D eigenvalue weighted by Crippen LogP contribution is 2.39. The van der Waals surface area contributed by atoms with Gasteiger partial charge in [0.15, 0.2) is 5.65 Å². The average Bonchev–Trinajstić information content (AvgIpc) is 3.19. The number of ether oxygens (including phenoxy) is 1. The van der Waals surface area contributed by atoms with Gasteiger partial charge in [0.1, 0.15) is 5.82 Å². The highest BCUT2D eigenvalue weighted by Gasteiger charge is 2.31. The Morgan fingerprint density at radius 2 is 1.81 bits per heavy atom. The lowest BCUT2D eigenvalue weighted by Crippen LogP contribution is -2.27. The van der Waals surface area contributed by atoms with Gasteiger partial charge in [-0.25, -0.2) is 14.8 Å². The largest absolute Gasteiger partial charge is 0.478 e. The summed E-state index contributed by atoms with van der Waals surface area (Å²) in [5.41, 5.74) is 3.93. The van der Waals surface area contributed by atoms with Crippen LogP contribution in [0.25, 0.3) is 22.6 Å². The van der Waals surface area contributed by atoms with Crippen molar-refractivity contribution in [1.82, 2.24) is 14.5 Å². The van der Waals surface area contributed by atoms with Crippen LogP contribution < -0.4 is 0 Å². The zero-order chi connectivity index (χ0) is 22.1. The lowest BCUT2D eigenvalue weighted by molar-refractivity contribution is 0.0549. The first-order valence-electron chi connectivity index (χ1n) is 10.6. The van der Waals surface area contributed by atoms with Crippen LogP contribution in [0.2, 0.25) is 0 Å². The molecule has 1 fully saturated rings. The highest BCUT2D eigenvalue weighted by molar-refractivity contribution is 9.10. The number of pyridine rings is 1. The van der Waals surface area contributed by atoms with Gasteiger partial charge in [0, 0.05) is 29.4 Å². The van der Waals surface area contributed by atoms with Crippen LogP contribution >= 0.6 is 15.9 Å². The van der Waals surface area contributed by atoms with E-state index in [9.17, 15) is 9.90 Å². The molecule has 1 unspecified atom stereocenters. The minimum Gasteiger partial charge on any atom is -0.478 e. The molecule has 0 aliphatic carbocycles. The van der Waals surface area contributed by atoms with Crippen molar-refractivity contribution in [2.75, 3.05) is 13.2 Å². The minimum atomic E-state index is -0.944. The normalized spacial score (nSPS) is 15.7. The van der Waals surface area contributed by atoms with E-state index in [1.54, 1.807) is 18.3 Å². The molecule has 1 N–H and O–H groups in total. The summed E-state index contributed by atoms with van der Waals surface area (Å²) in [7, 11) is 0. The van der Waals surface area contributed by atoms with E-state index in [2.05, 4.69) is 55.8 Å². The summed E-state index contributed by atoms with van der Waals surface area (Å²) < 4.78 is 8.82. The molecular weight excluding hydrogens is 470 g/mol. The zero-order valence-electron chi connectivity index (χ0n) is 17.3. The summed E-state index contributed by atoms with van der Waals surface area (Å²) in [5, 5.41) is 9.30. The molecule has 7 heteroatoms. The van der Waals surface area contributed by atoms with E-state index in [4.69, 9.17) is 9.72 Å². The number of hydrogen-bond donors (Lipinski definition) is 1. The topological polar surface area (TPSA) is 77.2 Å². The third-order valence-corrected chi connectivity index (χ3v) is 6.47. The van der Waals surface area contributed by atoms with Gasteiger partial charge >= 0.3 is 5.97 Å². The van der Waals surface area contributed by atoms with Crippen LogP contribution in [0.1, 0.15) is 34.8 Å². The standard InChI is InChI=1S/C25H22BrN3O3/c26-20-14-21-23(27-15-20)28-24(18-6-8-19(9-7-18)25(30)31)29(21)22(16-4-2-1-3-5-16)17-10-12-32-13-11-17/h1-9,14-15,17,22H,10-13H2,(H,30,31). The van der Waals surface area contributed by atoms with E-state index in [0.717, 1.165) is 47.4 Å². The van der Waals surface area contributed by atoms with Crippen LogP contribution in [0, 0.1) is 5.92 Å². The maximum absolute atomic E-state index is 11.3. The first-order chi connectivity index (χ1) is 15.6. The summed E-state index contributed by atoms with van der Waals surface area (Å²) in [5.74, 6) is 0.211. The Morgan fingerprint density at radius 3 is 2.50 bits per heavy atom. The Kier molecular flexibility index (Phi) is 5.76. The van der Waals surface area contributed by atoms with Crippen LogP contribution in [-0.2, 0) is 4.74 Å². The summed E-state index contributed by atoms with van der Waals surface area (Å²) in [4.78, 5) is 20.8.